The molecule has 0 saturated carbocycles. The van der Waals surface area contributed by atoms with E-state index < -0.39 is 21.0 Å². The predicted molar refractivity (Wildman–Crippen MR) is 89.8 cm³/mol. The minimum Gasteiger partial charge on any atom is -0.450 e. The molecule has 0 unspecified atom stereocenters. The van der Waals surface area contributed by atoms with E-state index >= 15 is 0 Å². The third-order valence-electron chi connectivity index (χ3n) is 4.03. The van der Waals surface area contributed by atoms with Gasteiger partial charge in [0.1, 0.15) is 0 Å². The van der Waals surface area contributed by atoms with Crippen molar-refractivity contribution in [1.29, 1.82) is 0 Å². The number of benzene rings is 1. The van der Waals surface area contributed by atoms with Crippen LogP contribution in [0.15, 0.2) is 23.1 Å². The molecule has 10 heteroatoms. The van der Waals surface area contributed by atoms with Crippen LogP contribution in [0.1, 0.15) is 25.3 Å². The van der Waals surface area contributed by atoms with Crippen molar-refractivity contribution in [1.82, 2.24) is 9.62 Å². The van der Waals surface area contributed by atoms with E-state index in [9.17, 15) is 23.3 Å². The first-order valence-electron chi connectivity index (χ1n) is 7.93. The highest BCUT2D eigenvalue weighted by Crippen LogP contribution is 2.23. The smallest absolute Gasteiger partial charge is 0.409 e. The van der Waals surface area contributed by atoms with Crippen LogP contribution in [-0.2, 0) is 14.8 Å². The monoisotopic (exact) mass is 371 g/mol. The van der Waals surface area contributed by atoms with Gasteiger partial charge in [0.15, 0.2) is 0 Å². The molecule has 1 fully saturated rings. The summed E-state index contributed by atoms with van der Waals surface area (Å²) in [7, 11) is -3.87. The highest BCUT2D eigenvalue weighted by Gasteiger charge is 2.28. The van der Waals surface area contributed by atoms with E-state index in [-0.39, 0.29) is 23.2 Å². The number of hydrogen-bond donors (Lipinski definition) is 1. The Bertz CT molecular complexity index is 757. The lowest BCUT2D eigenvalue weighted by atomic mass is 10.1. The van der Waals surface area contributed by atoms with Crippen molar-refractivity contribution in [3.05, 3.63) is 33.9 Å². The zero-order chi connectivity index (χ0) is 18.6. The number of carbonyl (C=O) groups excluding carboxylic acids is 1. The number of carbonyl (C=O) groups is 1. The summed E-state index contributed by atoms with van der Waals surface area (Å²) in [6, 6.07) is 3.48. The molecule has 9 nitrogen and oxygen atoms in total. The zero-order valence-corrected chi connectivity index (χ0v) is 14.9. The number of rotatable bonds is 5. The van der Waals surface area contributed by atoms with E-state index in [0.717, 1.165) is 6.07 Å². The van der Waals surface area contributed by atoms with Gasteiger partial charge in [0.2, 0.25) is 10.0 Å². The van der Waals surface area contributed by atoms with Crippen LogP contribution in [0.2, 0.25) is 0 Å². The van der Waals surface area contributed by atoms with Gasteiger partial charge in [0, 0.05) is 30.8 Å². The van der Waals surface area contributed by atoms with Gasteiger partial charge >= 0.3 is 6.09 Å². The number of nitrogens with zero attached hydrogens (tertiary/aromatic N) is 2. The van der Waals surface area contributed by atoms with Crippen molar-refractivity contribution in [2.45, 2.75) is 37.6 Å². The average Bonchev–Trinajstić information content (AvgIpc) is 2.55. The molecular weight excluding hydrogens is 350 g/mol. The van der Waals surface area contributed by atoms with E-state index in [1.165, 1.54) is 17.0 Å². The molecule has 1 aromatic carbocycles. The van der Waals surface area contributed by atoms with Crippen molar-refractivity contribution in [2.75, 3.05) is 19.7 Å². The molecule has 138 valence electrons. The second-order valence-electron chi connectivity index (χ2n) is 5.79. The van der Waals surface area contributed by atoms with Crippen molar-refractivity contribution < 1.29 is 22.9 Å². The Kier molecular flexibility index (Phi) is 5.96. The number of piperidine rings is 1. The molecule has 1 heterocycles. The Morgan fingerprint density at radius 1 is 1.40 bits per heavy atom. The summed E-state index contributed by atoms with van der Waals surface area (Å²) in [6.07, 6.45) is 0.496. The molecule has 0 aromatic heterocycles. The standard InChI is InChI=1S/C15H21N3O6S/c1-3-24-15(19)17-8-6-12(7-9-17)16-25(22,23)13-5-4-11(2)14(10-13)18(20)21/h4-5,10,12,16H,3,6-9H2,1-2H3. The highest BCUT2D eigenvalue weighted by atomic mass is 32.2. The number of nitro groups is 1. The second kappa shape index (κ2) is 7.79. The molecule has 0 radical (unpaired) electrons. The Labute approximate surface area is 146 Å². The van der Waals surface area contributed by atoms with Crippen molar-refractivity contribution >= 4 is 21.8 Å². The fraction of sp³-hybridized carbons (Fsp3) is 0.533. The third kappa shape index (κ3) is 4.67. The Morgan fingerprint density at radius 3 is 2.60 bits per heavy atom. The fourth-order valence-electron chi connectivity index (χ4n) is 2.64. The number of nitrogens with one attached hydrogen (secondary N) is 1. The molecule has 0 bridgehead atoms. The first-order valence-corrected chi connectivity index (χ1v) is 9.42. The molecule has 0 atom stereocenters. The van der Waals surface area contributed by atoms with Crippen LogP contribution < -0.4 is 4.72 Å². The summed E-state index contributed by atoms with van der Waals surface area (Å²) in [5, 5.41) is 11.0. The molecule has 2 rings (SSSR count). The van der Waals surface area contributed by atoms with E-state index in [0.29, 0.717) is 31.5 Å². The van der Waals surface area contributed by atoms with Crippen molar-refractivity contribution in [3.63, 3.8) is 0 Å². The van der Waals surface area contributed by atoms with Crippen molar-refractivity contribution in [2.24, 2.45) is 0 Å². The Balaban J connectivity index is 2.04. The topological polar surface area (TPSA) is 119 Å². The van der Waals surface area contributed by atoms with Gasteiger partial charge in [-0.25, -0.2) is 17.9 Å². The van der Waals surface area contributed by atoms with Gasteiger partial charge in [-0.3, -0.25) is 10.1 Å². The van der Waals surface area contributed by atoms with E-state index in [2.05, 4.69) is 4.72 Å². The minimum atomic E-state index is -3.87. The van der Waals surface area contributed by atoms with Gasteiger partial charge in [-0.1, -0.05) is 6.07 Å². The van der Waals surface area contributed by atoms with Crippen LogP contribution in [0.25, 0.3) is 0 Å². The molecule has 1 aliphatic rings. The molecule has 1 aromatic rings. The summed E-state index contributed by atoms with van der Waals surface area (Å²) in [6.45, 7) is 4.34. The van der Waals surface area contributed by atoms with Crippen LogP contribution in [0.5, 0.6) is 0 Å². The normalized spacial score (nSPS) is 15.8. The maximum Gasteiger partial charge on any atom is 0.409 e. The van der Waals surface area contributed by atoms with Crippen LogP contribution in [0.3, 0.4) is 0 Å². The quantitative estimate of drug-likeness (QED) is 0.623. The van der Waals surface area contributed by atoms with Gasteiger partial charge in [0.25, 0.3) is 5.69 Å². The number of nitro benzene ring substituents is 1. The minimum absolute atomic E-state index is 0.141. The van der Waals surface area contributed by atoms with E-state index in [4.69, 9.17) is 4.74 Å². The molecule has 1 saturated heterocycles. The summed E-state index contributed by atoms with van der Waals surface area (Å²) in [5.41, 5.74) is 0.159. The van der Waals surface area contributed by atoms with Crippen LogP contribution in [-0.4, -0.2) is 50.1 Å². The number of amides is 1. The molecular formula is C15H21N3O6S. The van der Waals surface area contributed by atoms with E-state index in [1.807, 2.05) is 0 Å². The molecule has 1 aliphatic heterocycles. The van der Waals surface area contributed by atoms with Gasteiger partial charge < -0.3 is 9.64 Å². The number of aryl methyl sites for hydroxylation is 1. The van der Waals surface area contributed by atoms with Gasteiger partial charge in [0.05, 0.1) is 16.4 Å². The van der Waals surface area contributed by atoms with Crippen molar-refractivity contribution in [3.8, 4) is 0 Å². The zero-order valence-electron chi connectivity index (χ0n) is 14.1. The summed E-state index contributed by atoms with van der Waals surface area (Å²) in [4.78, 5) is 23.4. The molecule has 1 N–H and O–H groups in total. The van der Waals surface area contributed by atoms with E-state index in [1.54, 1.807) is 13.8 Å². The SMILES string of the molecule is CCOC(=O)N1CCC(NS(=O)(=O)c2ccc(C)c([N+](=O)[O-])c2)CC1. The largest absolute Gasteiger partial charge is 0.450 e. The molecule has 25 heavy (non-hydrogen) atoms. The van der Waals surface area contributed by atoms with Gasteiger partial charge in [-0.05, 0) is 32.8 Å². The lowest BCUT2D eigenvalue weighted by molar-refractivity contribution is -0.385. The highest BCUT2D eigenvalue weighted by molar-refractivity contribution is 7.89. The maximum absolute atomic E-state index is 12.5. The lowest BCUT2D eigenvalue weighted by Crippen LogP contribution is -2.46. The summed E-state index contributed by atoms with van der Waals surface area (Å²) >= 11 is 0. The number of likely N-dealkylation sites (tertiary alicyclic amines) is 1. The Hall–Kier alpha value is -2.20. The van der Waals surface area contributed by atoms with Crippen LogP contribution in [0, 0.1) is 17.0 Å². The predicted octanol–water partition coefficient (Wildman–Crippen LogP) is 1.80. The van der Waals surface area contributed by atoms with Crippen LogP contribution in [0.4, 0.5) is 10.5 Å². The average molecular weight is 371 g/mol. The Morgan fingerprint density at radius 2 is 2.04 bits per heavy atom. The van der Waals surface area contributed by atoms with Gasteiger partial charge in [-0.2, -0.15) is 0 Å². The lowest BCUT2D eigenvalue weighted by Gasteiger charge is -2.31. The second-order valence-corrected chi connectivity index (χ2v) is 7.50. The molecule has 1 amide bonds. The molecule has 0 aliphatic carbocycles. The number of ether oxygens (including phenoxy) is 1. The van der Waals surface area contributed by atoms with Gasteiger partial charge in [-0.15, -0.1) is 0 Å². The molecule has 0 spiro atoms. The first-order chi connectivity index (χ1) is 11.7. The summed E-state index contributed by atoms with van der Waals surface area (Å²) in [5.74, 6) is 0. The first kappa shape index (κ1) is 19.1. The fourth-order valence-corrected chi connectivity index (χ4v) is 3.96. The van der Waals surface area contributed by atoms with Crippen LogP contribution >= 0.6 is 0 Å². The maximum atomic E-state index is 12.5. The number of hydrogen-bond acceptors (Lipinski definition) is 6. The summed E-state index contributed by atoms with van der Waals surface area (Å²) < 4.78 is 32.4. The number of sulfonamides is 1. The third-order valence-corrected chi connectivity index (χ3v) is 5.55.